The molecule has 1 aliphatic heterocycles. The number of carbonyl (C=O) groups excluding carboxylic acids is 3. The molecule has 6 rings (SSSR count). The molecule has 1 saturated heterocycles. The summed E-state index contributed by atoms with van der Waals surface area (Å²) in [6.45, 7) is 2.13. The SMILES string of the molecule is CCC[C@H](NC(=O)OCc1ccccc1)C(=O)NC1CCN(c2nc3c(-c4ccc(F)cc4F)cc(C(=O)OCc4ccccc4)c(=O)n3cc2F)C1. The number of fused-ring (bicyclic) bond motifs is 1. The third-order valence-electron chi connectivity index (χ3n) is 8.76. The van der Waals surface area contributed by atoms with Crippen molar-refractivity contribution in [2.75, 3.05) is 18.0 Å². The molecule has 0 saturated carbocycles. The number of carbonyl (C=O) groups is 3. The summed E-state index contributed by atoms with van der Waals surface area (Å²) in [7, 11) is 0. The number of pyridine rings is 1. The number of anilines is 1. The van der Waals surface area contributed by atoms with Crippen molar-refractivity contribution in [2.45, 2.75) is 51.5 Å². The fraction of sp³-hybridized carbons (Fsp3) is 0.256. The molecule has 2 amide bonds. The van der Waals surface area contributed by atoms with Gasteiger partial charge in [-0.05, 0) is 42.2 Å². The van der Waals surface area contributed by atoms with Crippen LogP contribution in [-0.4, -0.2) is 52.5 Å². The van der Waals surface area contributed by atoms with Gasteiger partial charge in [0.05, 0.1) is 6.20 Å². The monoisotopic (exact) mass is 727 g/mol. The van der Waals surface area contributed by atoms with Crippen LogP contribution in [0.3, 0.4) is 0 Å². The molecule has 1 unspecified atom stereocenters. The molecule has 0 radical (unpaired) electrons. The minimum Gasteiger partial charge on any atom is -0.457 e. The largest absolute Gasteiger partial charge is 0.457 e. The second-order valence-electron chi connectivity index (χ2n) is 12.6. The molecular weight excluding hydrogens is 691 g/mol. The van der Waals surface area contributed by atoms with E-state index in [0.29, 0.717) is 30.9 Å². The third-order valence-corrected chi connectivity index (χ3v) is 8.76. The number of hydrogen-bond acceptors (Lipinski definition) is 8. The smallest absolute Gasteiger partial charge is 0.408 e. The number of hydrogen-bond donors (Lipinski definition) is 2. The van der Waals surface area contributed by atoms with E-state index < -0.39 is 58.6 Å². The standard InChI is InChI=1S/C39H36F3N5O6/c1-2-9-33(44-39(51)53-23-25-12-7-4-8-13-25)36(48)43-27-16-17-46(20-27)35-32(42)21-47-34(45-35)29(28-15-14-26(40)18-31(28)41)19-30(37(47)49)38(50)52-22-24-10-5-3-6-11-24/h3-8,10-15,18-19,21,27,33H,2,9,16-17,20,22-23H2,1H3,(H,43,48)(H,44,51)/t27?,33-/m0/s1. The van der Waals surface area contributed by atoms with Crippen LogP contribution in [0.1, 0.15) is 47.7 Å². The van der Waals surface area contributed by atoms with Gasteiger partial charge in [0.1, 0.15) is 42.1 Å². The summed E-state index contributed by atoms with van der Waals surface area (Å²) in [5.41, 5.74) is -0.463. The van der Waals surface area contributed by atoms with Gasteiger partial charge >= 0.3 is 12.1 Å². The molecule has 0 bridgehead atoms. The highest BCUT2D eigenvalue weighted by Gasteiger charge is 2.31. The molecule has 3 heterocycles. The Morgan fingerprint density at radius 2 is 1.57 bits per heavy atom. The van der Waals surface area contributed by atoms with Crippen molar-refractivity contribution in [2.24, 2.45) is 0 Å². The summed E-state index contributed by atoms with van der Waals surface area (Å²) in [5, 5.41) is 5.53. The van der Waals surface area contributed by atoms with E-state index in [0.717, 1.165) is 34.4 Å². The Bertz CT molecular complexity index is 2180. The van der Waals surface area contributed by atoms with Gasteiger partial charge in [-0.15, -0.1) is 0 Å². The minimum atomic E-state index is -1.03. The average Bonchev–Trinajstić information content (AvgIpc) is 3.62. The average molecular weight is 728 g/mol. The van der Waals surface area contributed by atoms with Crippen molar-refractivity contribution in [1.29, 1.82) is 0 Å². The summed E-state index contributed by atoms with van der Waals surface area (Å²) in [5.74, 6) is -4.41. The van der Waals surface area contributed by atoms with Crippen LogP contribution in [0.5, 0.6) is 0 Å². The predicted molar refractivity (Wildman–Crippen MR) is 190 cm³/mol. The van der Waals surface area contributed by atoms with E-state index in [-0.39, 0.29) is 48.9 Å². The van der Waals surface area contributed by atoms with Crippen LogP contribution in [0.25, 0.3) is 16.8 Å². The maximum atomic E-state index is 15.8. The van der Waals surface area contributed by atoms with E-state index in [1.165, 1.54) is 0 Å². The molecule has 53 heavy (non-hydrogen) atoms. The van der Waals surface area contributed by atoms with Crippen LogP contribution in [0.4, 0.5) is 23.8 Å². The lowest BCUT2D eigenvalue weighted by atomic mass is 10.0. The van der Waals surface area contributed by atoms with Gasteiger partial charge in [0.25, 0.3) is 5.56 Å². The summed E-state index contributed by atoms with van der Waals surface area (Å²) >= 11 is 0. The maximum Gasteiger partial charge on any atom is 0.408 e. The van der Waals surface area contributed by atoms with E-state index in [2.05, 4.69) is 15.6 Å². The zero-order valence-corrected chi connectivity index (χ0v) is 28.7. The number of esters is 1. The van der Waals surface area contributed by atoms with Gasteiger partial charge in [-0.1, -0.05) is 74.0 Å². The fourth-order valence-electron chi connectivity index (χ4n) is 6.10. The predicted octanol–water partition coefficient (Wildman–Crippen LogP) is 5.93. The highest BCUT2D eigenvalue weighted by atomic mass is 19.1. The fourth-order valence-corrected chi connectivity index (χ4v) is 6.10. The zero-order chi connectivity index (χ0) is 37.5. The van der Waals surface area contributed by atoms with Gasteiger partial charge in [0.15, 0.2) is 11.6 Å². The van der Waals surface area contributed by atoms with Crippen molar-refractivity contribution in [3.63, 3.8) is 0 Å². The Hall–Kier alpha value is -6.18. The molecule has 274 valence electrons. The van der Waals surface area contributed by atoms with E-state index in [1.807, 2.05) is 37.3 Å². The first-order valence-corrected chi connectivity index (χ1v) is 17.1. The van der Waals surface area contributed by atoms with Gasteiger partial charge in [0.2, 0.25) is 5.91 Å². The van der Waals surface area contributed by atoms with Crippen molar-refractivity contribution < 1.29 is 37.0 Å². The van der Waals surface area contributed by atoms with Crippen LogP contribution >= 0.6 is 0 Å². The summed E-state index contributed by atoms with van der Waals surface area (Å²) in [6, 6.07) is 20.4. The summed E-state index contributed by atoms with van der Waals surface area (Å²) < 4.78 is 56.4. The number of rotatable bonds is 12. The molecular formula is C39H36F3N5O6. The Kier molecular flexibility index (Phi) is 11.4. The maximum absolute atomic E-state index is 15.8. The number of aromatic nitrogens is 2. The second kappa shape index (κ2) is 16.4. The Balaban J connectivity index is 1.22. The molecule has 2 N–H and O–H groups in total. The lowest BCUT2D eigenvalue weighted by Gasteiger charge is -2.22. The number of ether oxygens (including phenoxy) is 2. The number of nitrogens with zero attached hydrogens (tertiary/aromatic N) is 3. The van der Waals surface area contributed by atoms with E-state index in [1.54, 1.807) is 35.2 Å². The van der Waals surface area contributed by atoms with E-state index in [4.69, 9.17) is 9.47 Å². The minimum absolute atomic E-state index is 0.0380. The molecule has 14 heteroatoms. The molecule has 5 aromatic rings. The Morgan fingerprint density at radius 1 is 0.887 bits per heavy atom. The molecule has 0 spiro atoms. The van der Waals surface area contributed by atoms with Gasteiger partial charge in [0, 0.05) is 36.3 Å². The van der Waals surface area contributed by atoms with Crippen molar-refractivity contribution in [3.05, 3.63) is 136 Å². The number of benzene rings is 3. The summed E-state index contributed by atoms with van der Waals surface area (Å²) in [4.78, 5) is 58.5. The highest BCUT2D eigenvalue weighted by molar-refractivity contribution is 5.93. The normalized spacial score (nSPS) is 14.5. The van der Waals surface area contributed by atoms with Crippen LogP contribution < -0.4 is 21.1 Å². The number of halogens is 3. The Morgan fingerprint density at radius 3 is 2.23 bits per heavy atom. The zero-order valence-electron chi connectivity index (χ0n) is 28.7. The van der Waals surface area contributed by atoms with Crippen LogP contribution in [0.2, 0.25) is 0 Å². The first kappa shape index (κ1) is 36.6. The summed E-state index contributed by atoms with van der Waals surface area (Å²) in [6.07, 6.45) is 1.46. The first-order valence-electron chi connectivity index (χ1n) is 17.1. The van der Waals surface area contributed by atoms with Gasteiger partial charge in [-0.25, -0.2) is 27.7 Å². The highest BCUT2D eigenvalue weighted by Crippen LogP contribution is 2.30. The van der Waals surface area contributed by atoms with Gasteiger partial charge in [-0.3, -0.25) is 14.0 Å². The van der Waals surface area contributed by atoms with Crippen molar-refractivity contribution >= 4 is 29.4 Å². The van der Waals surface area contributed by atoms with Crippen molar-refractivity contribution in [3.8, 4) is 11.1 Å². The number of amides is 2. The van der Waals surface area contributed by atoms with Gasteiger partial charge in [-0.2, -0.15) is 0 Å². The molecule has 3 aromatic carbocycles. The van der Waals surface area contributed by atoms with E-state index in [9.17, 15) is 23.6 Å². The molecule has 1 fully saturated rings. The second-order valence-corrected chi connectivity index (χ2v) is 12.6. The Labute approximate surface area is 302 Å². The number of alkyl carbamates (subject to hydrolysis) is 1. The lowest BCUT2D eigenvalue weighted by molar-refractivity contribution is -0.123. The van der Waals surface area contributed by atoms with E-state index >= 15 is 8.78 Å². The van der Waals surface area contributed by atoms with Crippen LogP contribution in [0.15, 0.2) is 95.9 Å². The molecule has 2 aromatic heterocycles. The van der Waals surface area contributed by atoms with Crippen molar-refractivity contribution in [1.82, 2.24) is 20.0 Å². The molecule has 0 aliphatic carbocycles. The van der Waals surface area contributed by atoms with Crippen LogP contribution in [0, 0.1) is 17.5 Å². The molecule has 2 atom stereocenters. The topological polar surface area (TPSA) is 131 Å². The number of nitrogens with one attached hydrogen (secondary N) is 2. The lowest BCUT2D eigenvalue weighted by Crippen LogP contribution is -2.50. The van der Waals surface area contributed by atoms with Crippen LogP contribution in [-0.2, 0) is 27.5 Å². The van der Waals surface area contributed by atoms with Gasteiger partial charge < -0.3 is 25.0 Å². The quantitative estimate of drug-likeness (QED) is 0.152. The third kappa shape index (κ3) is 8.66. The molecule has 1 aliphatic rings. The first-order chi connectivity index (χ1) is 25.6. The molecule has 11 nitrogen and oxygen atoms in total.